The molecule has 0 unspecified atom stereocenters. The first kappa shape index (κ1) is 14.2. The molecule has 2 heterocycles. The molecule has 0 bridgehead atoms. The molecule has 0 radical (unpaired) electrons. The van der Waals surface area contributed by atoms with Crippen molar-refractivity contribution < 1.29 is 9.18 Å². The van der Waals surface area contributed by atoms with Gasteiger partial charge in [-0.3, -0.25) is 4.79 Å². The lowest BCUT2D eigenvalue weighted by Crippen LogP contribution is -2.06. The van der Waals surface area contributed by atoms with E-state index >= 15 is 0 Å². The number of benzene rings is 1. The van der Waals surface area contributed by atoms with Gasteiger partial charge >= 0.3 is 0 Å². The van der Waals surface area contributed by atoms with Crippen LogP contribution in [-0.4, -0.2) is 15.8 Å². The maximum atomic E-state index is 14.2. The molecule has 0 spiro atoms. The fourth-order valence-corrected chi connectivity index (χ4v) is 2.73. The number of carbonyl (C=O) groups excluding carboxylic acids is 1. The topological polar surface area (TPSA) is 45.8 Å². The number of aromatic amines is 1. The van der Waals surface area contributed by atoms with Crippen molar-refractivity contribution in [2.24, 2.45) is 0 Å². The fraction of sp³-hybridized carbons (Fsp3) is 0.0667. The van der Waals surface area contributed by atoms with Gasteiger partial charge in [0.2, 0.25) is 0 Å². The summed E-state index contributed by atoms with van der Waals surface area (Å²) in [4.78, 5) is 19.7. The highest BCUT2D eigenvalue weighted by Gasteiger charge is 2.22. The van der Waals surface area contributed by atoms with E-state index in [2.05, 4.69) is 25.9 Å². The Morgan fingerprint density at radius 1 is 1.43 bits per heavy atom. The Bertz CT molecular complexity index is 875. The Morgan fingerprint density at radius 3 is 2.95 bits per heavy atom. The summed E-state index contributed by atoms with van der Waals surface area (Å²) in [5.74, 6) is -1.06. The molecule has 21 heavy (non-hydrogen) atoms. The van der Waals surface area contributed by atoms with Gasteiger partial charge in [-0.1, -0.05) is 17.7 Å². The van der Waals surface area contributed by atoms with Crippen LogP contribution in [0.2, 0.25) is 5.02 Å². The first-order valence-corrected chi connectivity index (χ1v) is 7.28. The van der Waals surface area contributed by atoms with E-state index in [9.17, 15) is 9.18 Å². The van der Waals surface area contributed by atoms with Crippen molar-refractivity contribution in [3.8, 4) is 0 Å². The molecule has 0 saturated heterocycles. The summed E-state index contributed by atoms with van der Waals surface area (Å²) < 4.78 is 15.0. The van der Waals surface area contributed by atoms with E-state index in [-0.39, 0.29) is 10.6 Å². The normalized spacial score (nSPS) is 11.0. The standard InChI is InChI=1S/C15H9BrClFN2O/c1-7-2-3-11(17)12(13(7)18)14(21)10-6-20-15-9(10)4-8(16)5-19-15/h2-6H,1H3,(H,19,20). The van der Waals surface area contributed by atoms with E-state index in [0.29, 0.717) is 22.2 Å². The average Bonchev–Trinajstić information content (AvgIpc) is 2.86. The number of rotatable bonds is 2. The van der Waals surface area contributed by atoms with Crippen LogP contribution in [0.15, 0.2) is 35.1 Å². The molecule has 0 fully saturated rings. The third kappa shape index (κ3) is 2.36. The Labute approximate surface area is 133 Å². The minimum absolute atomic E-state index is 0.0976. The largest absolute Gasteiger partial charge is 0.345 e. The predicted molar refractivity (Wildman–Crippen MR) is 83.4 cm³/mol. The number of pyridine rings is 1. The van der Waals surface area contributed by atoms with E-state index in [1.165, 1.54) is 12.3 Å². The van der Waals surface area contributed by atoms with E-state index in [0.717, 1.165) is 4.47 Å². The molecule has 6 heteroatoms. The summed E-state index contributed by atoms with van der Waals surface area (Å²) in [7, 11) is 0. The van der Waals surface area contributed by atoms with E-state index in [1.54, 1.807) is 25.3 Å². The van der Waals surface area contributed by atoms with Crippen molar-refractivity contribution in [2.45, 2.75) is 6.92 Å². The van der Waals surface area contributed by atoms with Crippen LogP contribution in [0.1, 0.15) is 21.5 Å². The number of hydrogen-bond donors (Lipinski definition) is 1. The summed E-state index contributed by atoms with van der Waals surface area (Å²) >= 11 is 9.31. The van der Waals surface area contributed by atoms with Crippen LogP contribution in [0, 0.1) is 12.7 Å². The number of halogens is 3. The number of nitrogens with one attached hydrogen (secondary N) is 1. The molecule has 3 nitrogen and oxygen atoms in total. The summed E-state index contributed by atoms with van der Waals surface area (Å²) in [5.41, 5.74) is 1.16. The molecule has 1 aromatic carbocycles. The third-order valence-electron chi connectivity index (χ3n) is 3.25. The highest BCUT2D eigenvalue weighted by atomic mass is 79.9. The SMILES string of the molecule is Cc1ccc(Cl)c(C(=O)c2c[nH]c3ncc(Br)cc23)c1F. The van der Waals surface area contributed by atoms with Crippen molar-refractivity contribution in [3.63, 3.8) is 0 Å². The predicted octanol–water partition coefficient (Wildman–Crippen LogP) is 4.66. The second-order valence-electron chi connectivity index (χ2n) is 4.63. The van der Waals surface area contributed by atoms with Crippen LogP contribution >= 0.6 is 27.5 Å². The van der Waals surface area contributed by atoms with Gasteiger partial charge in [0.15, 0.2) is 5.78 Å². The molecule has 0 aliphatic rings. The van der Waals surface area contributed by atoms with E-state index in [1.807, 2.05) is 0 Å². The highest BCUT2D eigenvalue weighted by Crippen LogP contribution is 2.28. The number of fused-ring (bicyclic) bond motifs is 1. The van der Waals surface area contributed by atoms with E-state index in [4.69, 9.17) is 11.6 Å². The molecule has 0 atom stereocenters. The van der Waals surface area contributed by atoms with Gasteiger partial charge in [0, 0.05) is 27.8 Å². The van der Waals surface area contributed by atoms with Gasteiger partial charge in [-0.05, 0) is 40.5 Å². The second-order valence-corrected chi connectivity index (χ2v) is 5.96. The Kier molecular flexibility index (Phi) is 3.55. The molecule has 0 aliphatic heterocycles. The molecular formula is C15H9BrClFN2O. The van der Waals surface area contributed by atoms with E-state index < -0.39 is 11.6 Å². The zero-order valence-electron chi connectivity index (χ0n) is 10.9. The maximum Gasteiger partial charge on any atom is 0.199 e. The monoisotopic (exact) mass is 366 g/mol. The molecular weight excluding hydrogens is 359 g/mol. The number of aryl methyl sites for hydroxylation is 1. The van der Waals surface area contributed by atoms with Gasteiger partial charge in [0.05, 0.1) is 10.6 Å². The summed E-state index contributed by atoms with van der Waals surface area (Å²) in [6, 6.07) is 4.83. The molecule has 3 rings (SSSR count). The summed E-state index contributed by atoms with van der Waals surface area (Å²) in [5, 5.41) is 0.715. The zero-order valence-corrected chi connectivity index (χ0v) is 13.2. The number of aromatic nitrogens is 2. The van der Waals surface area contributed by atoms with Gasteiger partial charge in [-0.25, -0.2) is 9.37 Å². The average molecular weight is 368 g/mol. The van der Waals surface area contributed by atoms with Crippen molar-refractivity contribution >= 4 is 44.3 Å². The van der Waals surface area contributed by atoms with Crippen molar-refractivity contribution in [2.75, 3.05) is 0 Å². The minimum Gasteiger partial charge on any atom is -0.345 e. The number of H-pyrrole nitrogens is 1. The Morgan fingerprint density at radius 2 is 2.19 bits per heavy atom. The van der Waals surface area contributed by atoms with Crippen LogP contribution < -0.4 is 0 Å². The molecule has 0 aliphatic carbocycles. The maximum absolute atomic E-state index is 14.2. The quantitative estimate of drug-likeness (QED) is 0.670. The van der Waals surface area contributed by atoms with Gasteiger partial charge in [-0.2, -0.15) is 0 Å². The van der Waals surface area contributed by atoms with Crippen LogP contribution in [-0.2, 0) is 0 Å². The van der Waals surface area contributed by atoms with Crippen molar-refractivity contribution in [1.29, 1.82) is 0 Å². The molecule has 0 saturated carbocycles. The molecule has 3 aromatic rings. The summed E-state index contributed by atoms with van der Waals surface area (Å²) in [6.07, 6.45) is 3.14. The lowest BCUT2D eigenvalue weighted by atomic mass is 10.0. The molecule has 106 valence electrons. The highest BCUT2D eigenvalue weighted by molar-refractivity contribution is 9.10. The number of hydrogen-bond acceptors (Lipinski definition) is 2. The van der Waals surface area contributed by atoms with Crippen LogP contribution in [0.25, 0.3) is 11.0 Å². The second kappa shape index (κ2) is 5.24. The van der Waals surface area contributed by atoms with Crippen LogP contribution in [0.4, 0.5) is 4.39 Å². The third-order valence-corrected chi connectivity index (χ3v) is 4.00. The van der Waals surface area contributed by atoms with Gasteiger partial charge in [0.1, 0.15) is 11.5 Å². The van der Waals surface area contributed by atoms with Gasteiger partial charge < -0.3 is 4.98 Å². The van der Waals surface area contributed by atoms with Crippen LogP contribution in [0.5, 0.6) is 0 Å². The number of carbonyl (C=O) groups is 1. The number of ketones is 1. The Balaban J connectivity index is 2.22. The first-order valence-electron chi connectivity index (χ1n) is 6.11. The lowest BCUT2D eigenvalue weighted by Gasteiger charge is -2.06. The fourth-order valence-electron chi connectivity index (χ4n) is 2.17. The van der Waals surface area contributed by atoms with Gasteiger partial charge in [0.25, 0.3) is 0 Å². The lowest BCUT2D eigenvalue weighted by molar-refractivity contribution is 0.103. The van der Waals surface area contributed by atoms with Crippen LogP contribution in [0.3, 0.4) is 0 Å². The summed E-state index contributed by atoms with van der Waals surface area (Å²) in [6.45, 7) is 1.59. The molecule has 0 amide bonds. The van der Waals surface area contributed by atoms with Crippen molar-refractivity contribution in [3.05, 3.63) is 62.6 Å². The first-order chi connectivity index (χ1) is 9.99. The number of nitrogens with zero attached hydrogens (tertiary/aromatic N) is 1. The Hall–Kier alpha value is -1.72. The zero-order chi connectivity index (χ0) is 15.1. The van der Waals surface area contributed by atoms with Gasteiger partial charge in [-0.15, -0.1) is 0 Å². The van der Waals surface area contributed by atoms with Crippen molar-refractivity contribution in [1.82, 2.24) is 9.97 Å². The minimum atomic E-state index is -0.593. The smallest absolute Gasteiger partial charge is 0.199 e. The molecule has 1 N–H and O–H groups in total. The molecule has 2 aromatic heterocycles.